The maximum atomic E-state index is 9.32. The number of hydrogen-bond acceptors (Lipinski definition) is 3. The lowest BCUT2D eigenvalue weighted by atomic mass is 10.0. The van der Waals surface area contributed by atoms with Gasteiger partial charge in [-0.2, -0.15) is 5.26 Å². The number of hydrogen-bond donors (Lipinski definition) is 0. The third-order valence-electron chi connectivity index (χ3n) is 3.35. The first-order valence-electron chi connectivity index (χ1n) is 6.97. The van der Waals surface area contributed by atoms with Crippen LogP contribution in [0.4, 0.5) is 0 Å². The van der Waals surface area contributed by atoms with Crippen LogP contribution in [0.5, 0.6) is 11.5 Å². The zero-order valence-electron chi connectivity index (χ0n) is 12.1. The van der Waals surface area contributed by atoms with Gasteiger partial charge in [-0.25, -0.2) is 0 Å². The molecule has 3 rings (SSSR count). The van der Waals surface area contributed by atoms with Crippen molar-refractivity contribution >= 4 is 21.7 Å². The predicted molar refractivity (Wildman–Crippen MR) is 94.8 cm³/mol. The molecule has 0 bridgehead atoms. The third kappa shape index (κ3) is 3.50. The normalized spacial score (nSPS) is 10.1. The van der Waals surface area contributed by atoms with Gasteiger partial charge >= 0.3 is 0 Å². The minimum absolute atomic E-state index is 0.457. The van der Waals surface area contributed by atoms with Gasteiger partial charge in [0, 0.05) is 10.5 Å². The van der Waals surface area contributed by atoms with Gasteiger partial charge < -0.3 is 4.74 Å². The topological polar surface area (TPSA) is 33.0 Å². The molecule has 0 unspecified atom stereocenters. The monoisotopic (exact) mass is 337 g/mol. The van der Waals surface area contributed by atoms with Crippen molar-refractivity contribution in [2.24, 2.45) is 0 Å². The van der Waals surface area contributed by atoms with Crippen LogP contribution in [0.15, 0.2) is 77.7 Å². The van der Waals surface area contributed by atoms with Crippen molar-refractivity contribution < 1.29 is 4.74 Å². The van der Waals surface area contributed by atoms with E-state index in [9.17, 15) is 5.26 Å². The molecule has 0 saturated carbocycles. The maximum Gasteiger partial charge on any atom is 0.145 e. The second-order valence-corrected chi connectivity index (χ2v) is 5.90. The van der Waals surface area contributed by atoms with Crippen molar-refractivity contribution in [3.63, 3.8) is 0 Å². The molecule has 0 heterocycles. The van der Waals surface area contributed by atoms with E-state index in [4.69, 9.17) is 15.4 Å². The smallest absolute Gasteiger partial charge is 0.145 e. The van der Waals surface area contributed by atoms with E-state index >= 15 is 0 Å². The first-order valence-corrected chi connectivity index (χ1v) is 8.61. The molecule has 112 valence electrons. The largest absolute Gasteiger partial charge is 0.455 e. The van der Waals surface area contributed by atoms with Gasteiger partial charge in [0.1, 0.15) is 17.6 Å². The highest BCUT2D eigenvalue weighted by molar-refractivity contribution is 8.21. The summed E-state index contributed by atoms with van der Waals surface area (Å²) in [6.45, 7) is 0. The average Bonchev–Trinajstić information content (AvgIpc) is 2.63. The van der Waals surface area contributed by atoms with Gasteiger partial charge in [0.15, 0.2) is 0 Å². The van der Waals surface area contributed by atoms with Crippen LogP contribution in [-0.4, -0.2) is 0 Å². The van der Waals surface area contributed by atoms with Crippen molar-refractivity contribution in [1.82, 2.24) is 0 Å². The molecule has 0 N–H and O–H groups in total. The third-order valence-corrected chi connectivity index (χ3v) is 4.32. The second kappa shape index (κ2) is 7.23. The van der Waals surface area contributed by atoms with E-state index in [1.165, 1.54) is 0 Å². The van der Waals surface area contributed by atoms with Crippen LogP contribution < -0.4 is 4.74 Å². The van der Waals surface area contributed by atoms with E-state index in [-0.39, 0.29) is 0 Å². The number of nitrogens with zero attached hydrogens (tertiary/aromatic N) is 1. The molecule has 0 amide bonds. The molecule has 3 aromatic carbocycles. The first-order chi connectivity index (χ1) is 11.3. The van der Waals surface area contributed by atoms with Crippen molar-refractivity contribution in [3.05, 3.63) is 78.4 Å². The van der Waals surface area contributed by atoms with Crippen LogP contribution in [0.25, 0.3) is 11.1 Å². The highest BCUT2D eigenvalue weighted by Gasteiger charge is 2.10. The van der Waals surface area contributed by atoms with Gasteiger partial charge in [0.05, 0.1) is 5.56 Å². The molecule has 0 aliphatic carbocycles. The molecule has 23 heavy (non-hydrogen) atoms. The molecule has 0 aliphatic rings. The lowest BCUT2D eigenvalue weighted by Crippen LogP contribution is -1.91. The summed E-state index contributed by atoms with van der Waals surface area (Å²) in [4.78, 5) is 0.812. The molecular weight excluding hydrogens is 326 g/mol. The predicted octanol–water partition coefficient (Wildman–Crippen LogP) is 6.26. The lowest BCUT2D eigenvalue weighted by Gasteiger charge is -2.12. The Hall–Kier alpha value is -2.41. The van der Waals surface area contributed by atoms with Crippen molar-refractivity contribution in [1.29, 1.82) is 5.26 Å². The number of para-hydroxylation sites is 1. The van der Waals surface area contributed by atoms with Crippen LogP contribution in [0.3, 0.4) is 0 Å². The van der Waals surface area contributed by atoms with Gasteiger partial charge in [-0.05, 0) is 51.5 Å². The second-order valence-electron chi connectivity index (χ2n) is 4.81. The number of halogens is 1. The van der Waals surface area contributed by atoms with E-state index < -0.39 is 0 Å². The fraction of sp³-hybridized carbons (Fsp3) is 0. The number of ether oxygens (including phenoxy) is 1. The van der Waals surface area contributed by atoms with Crippen molar-refractivity contribution in [3.8, 4) is 28.7 Å². The van der Waals surface area contributed by atoms with Crippen LogP contribution in [0.2, 0.25) is 0 Å². The van der Waals surface area contributed by atoms with Crippen LogP contribution in [0.1, 0.15) is 5.56 Å². The van der Waals surface area contributed by atoms with E-state index in [0.717, 1.165) is 27.0 Å². The Bertz CT molecular complexity index is 859. The molecule has 0 aromatic heterocycles. The summed E-state index contributed by atoms with van der Waals surface area (Å²) >= 11 is 0. The highest BCUT2D eigenvalue weighted by Crippen LogP contribution is 2.35. The average molecular weight is 338 g/mol. The minimum Gasteiger partial charge on any atom is -0.455 e. The van der Waals surface area contributed by atoms with E-state index in [0.29, 0.717) is 17.1 Å². The van der Waals surface area contributed by atoms with E-state index in [1.807, 2.05) is 60.7 Å². The Labute approximate surface area is 143 Å². The van der Waals surface area contributed by atoms with E-state index in [2.05, 4.69) is 6.07 Å². The highest BCUT2D eigenvalue weighted by atomic mass is 35.7. The van der Waals surface area contributed by atoms with Gasteiger partial charge in [-0.15, -0.1) is 0 Å². The van der Waals surface area contributed by atoms with Gasteiger partial charge in [0.25, 0.3) is 0 Å². The molecular formula is C19H12ClNOS. The van der Waals surface area contributed by atoms with Crippen molar-refractivity contribution in [2.75, 3.05) is 0 Å². The summed E-state index contributed by atoms with van der Waals surface area (Å²) in [5.74, 6) is 1.23. The summed E-state index contributed by atoms with van der Waals surface area (Å²) in [6, 6.07) is 25.3. The Kier molecular flexibility index (Phi) is 4.87. The molecule has 0 aliphatic heterocycles. The number of nitriles is 1. The van der Waals surface area contributed by atoms with Crippen molar-refractivity contribution in [2.45, 2.75) is 4.90 Å². The summed E-state index contributed by atoms with van der Waals surface area (Å²) in [5.41, 5.74) is 2.50. The molecule has 0 fully saturated rings. The Morgan fingerprint density at radius 3 is 2.35 bits per heavy atom. The molecule has 0 radical (unpaired) electrons. The van der Waals surface area contributed by atoms with Crippen LogP contribution in [0, 0.1) is 11.3 Å². The SMILES string of the molecule is N#Cc1cc(SCl)ccc1Oc1ccccc1-c1ccccc1. The van der Waals surface area contributed by atoms with Crippen LogP contribution in [-0.2, 0) is 0 Å². The fourth-order valence-electron chi connectivity index (χ4n) is 2.26. The molecule has 0 atom stereocenters. The quantitative estimate of drug-likeness (QED) is 0.563. The molecule has 3 aromatic rings. The van der Waals surface area contributed by atoms with Gasteiger partial charge in [-0.3, -0.25) is 0 Å². The Balaban J connectivity index is 2.01. The summed E-state index contributed by atoms with van der Waals surface area (Å²) in [7, 11) is 6.82. The number of rotatable bonds is 4. The molecule has 2 nitrogen and oxygen atoms in total. The summed E-state index contributed by atoms with van der Waals surface area (Å²) in [5, 5.41) is 9.32. The lowest BCUT2D eigenvalue weighted by molar-refractivity contribution is 0.482. The fourth-order valence-corrected chi connectivity index (χ4v) is 2.83. The number of benzene rings is 3. The zero-order valence-corrected chi connectivity index (χ0v) is 13.6. The molecule has 0 spiro atoms. The maximum absolute atomic E-state index is 9.32. The molecule has 0 saturated heterocycles. The summed E-state index contributed by atoms with van der Waals surface area (Å²) < 4.78 is 6.01. The molecule has 4 heteroatoms. The minimum atomic E-state index is 0.457. The van der Waals surface area contributed by atoms with Gasteiger partial charge in [0.2, 0.25) is 0 Å². The first kappa shape index (κ1) is 15.5. The van der Waals surface area contributed by atoms with Crippen LogP contribution >= 0.6 is 21.7 Å². The van der Waals surface area contributed by atoms with Gasteiger partial charge in [-0.1, -0.05) is 48.5 Å². The summed E-state index contributed by atoms with van der Waals surface area (Å²) in [6.07, 6.45) is 0. The zero-order chi connectivity index (χ0) is 16.1. The Morgan fingerprint density at radius 2 is 1.61 bits per heavy atom. The Morgan fingerprint density at radius 1 is 0.870 bits per heavy atom. The standard InChI is InChI=1S/C19H12ClNOS/c20-23-16-10-11-18(15(12-16)13-21)22-19-9-5-4-8-17(19)14-6-2-1-3-7-14/h1-12H. The van der Waals surface area contributed by atoms with E-state index in [1.54, 1.807) is 12.1 Å².